The second-order valence-electron chi connectivity index (χ2n) is 4.97. The van der Waals surface area contributed by atoms with Crippen LogP contribution in [0, 0.1) is 0 Å². The van der Waals surface area contributed by atoms with E-state index in [1.807, 2.05) is 0 Å². The van der Waals surface area contributed by atoms with Crippen molar-refractivity contribution in [2.75, 3.05) is 30.7 Å². The number of hydrogen-bond donors (Lipinski definition) is 3. The Morgan fingerprint density at radius 2 is 2.35 bits per heavy atom. The average Bonchev–Trinajstić information content (AvgIpc) is 2.74. The topological polar surface area (TPSA) is 91.5 Å². The highest BCUT2D eigenvalue weighted by molar-refractivity contribution is 7.18. The van der Waals surface area contributed by atoms with Crippen LogP contribution in [0.1, 0.15) is 42.3 Å². The van der Waals surface area contributed by atoms with Gasteiger partial charge in [-0.3, -0.25) is 4.79 Å². The minimum atomic E-state index is -0.108. The highest BCUT2D eigenvalue weighted by Gasteiger charge is 2.31. The number of nitrogens with two attached hydrogens (primary N) is 1. The molecule has 0 saturated heterocycles. The monoisotopic (exact) mass is 298 g/mol. The van der Waals surface area contributed by atoms with Crippen molar-refractivity contribution in [2.24, 2.45) is 0 Å². The molecule has 4 N–H and O–H groups in total. The Hall–Kier alpha value is -1.34. The molecule has 1 amide bonds. The van der Waals surface area contributed by atoms with Gasteiger partial charge in [0.05, 0.1) is 6.61 Å². The van der Waals surface area contributed by atoms with E-state index in [-0.39, 0.29) is 24.4 Å². The van der Waals surface area contributed by atoms with Gasteiger partial charge in [0, 0.05) is 19.1 Å². The van der Waals surface area contributed by atoms with Gasteiger partial charge in [0.2, 0.25) is 0 Å². The number of aromatic nitrogens is 1. The fraction of sp³-hybridized carbons (Fsp3) is 0.692. The molecular formula is C13H22N4O2S. The van der Waals surface area contributed by atoms with Crippen LogP contribution < -0.4 is 11.1 Å². The Morgan fingerprint density at radius 1 is 1.60 bits per heavy atom. The molecule has 1 aromatic heterocycles. The summed E-state index contributed by atoms with van der Waals surface area (Å²) in [5.41, 5.74) is 5.86. The second kappa shape index (κ2) is 6.90. The first-order valence-corrected chi connectivity index (χ1v) is 7.91. The highest BCUT2D eigenvalue weighted by atomic mass is 32.1. The SMILES string of the molecule is CCCNc1nc(N)c(C(=O)N(CCO)C2CCC2)s1. The smallest absolute Gasteiger partial charge is 0.268 e. The normalized spacial score (nSPS) is 14.9. The Morgan fingerprint density at radius 3 is 2.90 bits per heavy atom. The van der Waals surface area contributed by atoms with Crippen molar-refractivity contribution in [1.29, 1.82) is 0 Å². The number of hydrogen-bond acceptors (Lipinski definition) is 6. The molecular weight excluding hydrogens is 276 g/mol. The molecule has 6 nitrogen and oxygen atoms in total. The molecule has 0 spiro atoms. The van der Waals surface area contributed by atoms with Gasteiger partial charge in [-0.05, 0) is 25.7 Å². The van der Waals surface area contributed by atoms with Crippen LogP contribution >= 0.6 is 11.3 Å². The molecule has 0 bridgehead atoms. The Kier molecular flexibility index (Phi) is 5.19. The lowest BCUT2D eigenvalue weighted by Crippen LogP contribution is -2.45. The molecule has 0 radical (unpaired) electrons. The third-order valence-corrected chi connectivity index (χ3v) is 4.51. The molecule has 0 aromatic carbocycles. The van der Waals surface area contributed by atoms with E-state index in [0.29, 0.717) is 16.6 Å². The van der Waals surface area contributed by atoms with Crippen LogP contribution in [0.4, 0.5) is 10.9 Å². The van der Waals surface area contributed by atoms with E-state index in [1.165, 1.54) is 11.3 Å². The Labute approximate surface area is 123 Å². The molecule has 1 heterocycles. The first kappa shape index (κ1) is 15.1. The molecule has 1 fully saturated rings. The van der Waals surface area contributed by atoms with E-state index < -0.39 is 0 Å². The van der Waals surface area contributed by atoms with Crippen molar-refractivity contribution < 1.29 is 9.90 Å². The summed E-state index contributed by atoms with van der Waals surface area (Å²) >= 11 is 1.29. The molecule has 112 valence electrons. The number of carbonyl (C=O) groups excluding carboxylic acids is 1. The predicted octanol–water partition coefficient (Wildman–Crippen LogP) is 1.53. The lowest BCUT2D eigenvalue weighted by molar-refractivity contribution is 0.0531. The van der Waals surface area contributed by atoms with E-state index in [1.54, 1.807) is 4.90 Å². The number of nitrogens with one attached hydrogen (secondary N) is 1. The van der Waals surface area contributed by atoms with Crippen molar-refractivity contribution in [3.05, 3.63) is 4.88 Å². The van der Waals surface area contributed by atoms with Crippen LogP contribution in [-0.2, 0) is 0 Å². The minimum Gasteiger partial charge on any atom is -0.395 e. The largest absolute Gasteiger partial charge is 0.395 e. The van der Waals surface area contributed by atoms with Gasteiger partial charge >= 0.3 is 0 Å². The molecule has 0 atom stereocenters. The summed E-state index contributed by atoms with van der Waals surface area (Å²) in [5, 5.41) is 13.0. The minimum absolute atomic E-state index is 0.0259. The van der Waals surface area contributed by atoms with Crippen molar-refractivity contribution in [1.82, 2.24) is 9.88 Å². The molecule has 7 heteroatoms. The summed E-state index contributed by atoms with van der Waals surface area (Å²) < 4.78 is 0. The second-order valence-corrected chi connectivity index (χ2v) is 5.97. The standard InChI is InChI=1S/C13H22N4O2S/c1-2-6-15-13-16-11(14)10(20-13)12(19)17(7-8-18)9-4-3-5-9/h9,18H,2-8,14H2,1H3,(H,15,16). The van der Waals surface area contributed by atoms with Crippen LogP contribution in [0.15, 0.2) is 0 Å². The van der Waals surface area contributed by atoms with Gasteiger partial charge in [-0.1, -0.05) is 18.3 Å². The van der Waals surface area contributed by atoms with Gasteiger partial charge in [-0.25, -0.2) is 4.98 Å². The summed E-state index contributed by atoms with van der Waals surface area (Å²) in [4.78, 5) is 19.0. The van der Waals surface area contributed by atoms with Crippen LogP contribution in [0.2, 0.25) is 0 Å². The quantitative estimate of drug-likeness (QED) is 0.710. The molecule has 20 heavy (non-hydrogen) atoms. The number of carbonyl (C=O) groups is 1. The zero-order valence-corrected chi connectivity index (χ0v) is 12.6. The zero-order valence-electron chi connectivity index (χ0n) is 11.8. The van der Waals surface area contributed by atoms with Crippen molar-refractivity contribution in [2.45, 2.75) is 38.6 Å². The Balaban J connectivity index is 2.11. The van der Waals surface area contributed by atoms with Crippen LogP contribution in [0.25, 0.3) is 0 Å². The number of amides is 1. The van der Waals surface area contributed by atoms with Crippen molar-refractivity contribution in [3.8, 4) is 0 Å². The summed E-state index contributed by atoms with van der Waals surface area (Å²) in [6.07, 6.45) is 4.14. The maximum atomic E-state index is 12.6. The molecule has 0 unspecified atom stereocenters. The van der Waals surface area contributed by atoms with Crippen LogP contribution in [0.5, 0.6) is 0 Å². The number of rotatable bonds is 7. The first-order valence-electron chi connectivity index (χ1n) is 7.09. The summed E-state index contributed by atoms with van der Waals surface area (Å²) in [6.45, 7) is 3.21. The van der Waals surface area contributed by atoms with Gasteiger partial charge < -0.3 is 21.1 Å². The molecule has 1 aromatic rings. The maximum Gasteiger partial charge on any atom is 0.268 e. The van der Waals surface area contributed by atoms with Gasteiger partial charge in [-0.15, -0.1) is 0 Å². The highest BCUT2D eigenvalue weighted by Crippen LogP contribution is 2.30. The lowest BCUT2D eigenvalue weighted by Gasteiger charge is -2.37. The molecule has 1 aliphatic rings. The molecule has 2 rings (SSSR count). The number of anilines is 2. The van der Waals surface area contributed by atoms with Crippen molar-refractivity contribution >= 4 is 28.2 Å². The predicted molar refractivity (Wildman–Crippen MR) is 81.1 cm³/mol. The third-order valence-electron chi connectivity index (χ3n) is 3.49. The first-order chi connectivity index (χ1) is 9.67. The maximum absolute atomic E-state index is 12.6. The van der Waals surface area contributed by atoms with Gasteiger partial charge in [-0.2, -0.15) is 0 Å². The van der Waals surface area contributed by atoms with E-state index in [2.05, 4.69) is 17.2 Å². The molecule has 1 aliphatic carbocycles. The van der Waals surface area contributed by atoms with Crippen LogP contribution in [0.3, 0.4) is 0 Å². The summed E-state index contributed by atoms with van der Waals surface area (Å²) in [6, 6.07) is 0.239. The third kappa shape index (κ3) is 3.21. The molecule has 1 saturated carbocycles. The van der Waals surface area contributed by atoms with E-state index in [4.69, 9.17) is 10.8 Å². The number of aliphatic hydroxyl groups excluding tert-OH is 1. The fourth-order valence-corrected chi connectivity index (χ4v) is 3.05. The summed E-state index contributed by atoms with van der Waals surface area (Å²) in [5.74, 6) is 0.171. The van der Waals surface area contributed by atoms with Gasteiger partial charge in [0.15, 0.2) is 5.13 Å². The van der Waals surface area contributed by atoms with E-state index in [9.17, 15) is 4.79 Å². The summed E-state index contributed by atoms with van der Waals surface area (Å²) in [7, 11) is 0. The Bertz CT molecular complexity index is 459. The van der Waals surface area contributed by atoms with Crippen LogP contribution in [-0.4, -0.2) is 46.6 Å². The number of aliphatic hydroxyl groups is 1. The fourth-order valence-electron chi connectivity index (χ4n) is 2.18. The number of nitrogens with zero attached hydrogens (tertiary/aromatic N) is 2. The zero-order chi connectivity index (χ0) is 14.5. The molecule has 0 aliphatic heterocycles. The van der Waals surface area contributed by atoms with E-state index in [0.717, 1.165) is 32.2 Å². The van der Waals surface area contributed by atoms with Gasteiger partial charge in [0.1, 0.15) is 10.7 Å². The van der Waals surface area contributed by atoms with Gasteiger partial charge in [0.25, 0.3) is 5.91 Å². The van der Waals surface area contributed by atoms with E-state index >= 15 is 0 Å². The number of thiazole rings is 1. The average molecular weight is 298 g/mol. The number of nitrogen functional groups attached to an aromatic ring is 1. The lowest BCUT2D eigenvalue weighted by atomic mass is 9.91. The van der Waals surface area contributed by atoms with Crippen molar-refractivity contribution in [3.63, 3.8) is 0 Å².